The van der Waals surface area contributed by atoms with Crippen LogP contribution in [0.1, 0.15) is 12.6 Å². The Balaban J connectivity index is 2.38. The fourth-order valence-electron chi connectivity index (χ4n) is 1.53. The summed E-state index contributed by atoms with van der Waals surface area (Å²) in [6.07, 6.45) is 1.50. The van der Waals surface area contributed by atoms with Crippen LogP contribution in [0.4, 0.5) is 0 Å². The first kappa shape index (κ1) is 13.0. The third kappa shape index (κ3) is 3.08. The van der Waals surface area contributed by atoms with Crippen molar-refractivity contribution in [2.45, 2.75) is 13.5 Å². The second-order valence-corrected chi connectivity index (χ2v) is 5.61. The molecule has 5 heteroatoms. The number of halogens is 2. The van der Waals surface area contributed by atoms with E-state index in [0.29, 0.717) is 0 Å². The summed E-state index contributed by atoms with van der Waals surface area (Å²) in [5, 5.41) is 3.26. The molecule has 2 rings (SSSR count). The van der Waals surface area contributed by atoms with Crippen molar-refractivity contribution in [3.05, 3.63) is 38.3 Å². The van der Waals surface area contributed by atoms with E-state index < -0.39 is 0 Å². The first-order valence-electron chi connectivity index (χ1n) is 5.31. The summed E-state index contributed by atoms with van der Waals surface area (Å²) in [6.45, 7) is 3.72. The average molecular weight is 407 g/mol. The second-order valence-electron chi connectivity index (χ2n) is 3.53. The molecule has 90 valence electrons. The smallest absolute Gasteiger partial charge is 0.181 e. The standard InChI is InChI=1S/C12H12BrIN2O/c1-2-15-6-11-12(17-7-16-11)9-5-8(13)3-4-10(9)14/h3-5,7,15H,2,6H2,1H3. The highest BCUT2D eigenvalue weighted by Gasteiger charge is 2.13. The van der Waals surface area contributed by atoms with Crippen molar-refractivity contribution >= 4 is 38.5 Å². The Labute approximate surface area is 122 Å². The monoisotopic (exact) mass is 406 g/mol. The van der Waals surface area contributed by atoms with Crippen molar-refractivity contribution in [3.63, 3.8) is 0 Å². The number of benzene rings is 1. The molecule has 0 aliphatic carbocycles. The zero-order valence-corrected chi connectivity index (χ0v) is 13.1. The molecule has 2 aromatic rings. The molecule has 0 amide bonds. The molecule has 0 saturated heterocycles. The van der Waals surface area contributed by atoms with Gasteiger partial charge in [0.25, 0.3) is 0 Å². The van der Waals surface area contributed by atoms with Crippen molar-refractivity contribution in [1.82, 2.24) is 10.3 Å². The third-order valence-electron chi connectivity index (χ3n) is 2.36. The molecule has 0 spiro atoms. The Bertz CT molecular complexity index is 513. The van der Waals surface area contributed by atoms with Gasteiger partial charge in [-0.1, -0.05) is 22.9 Å². The Morgan fingerprint density at radius 1 is 1.47 bits per heavy atom. The van der Waals surface area contributed by atoms with E-state index in [1.54, 1.807) is 0 Å². The molecule has 1 aromatic heterocycles. The molecule has 1 aromatic carbocycles. The lowest BCUT2D eigenvalue weighted by Crippen LogP contribution is -2.12. The Morgan fingerprint density at radius 3 is 3.06 bits per heavy atom. The Morgan fingerprint density at radius 2 is 2.29 bits per heavy atom. The summed E-state index contributed by atoms with van der Waals surface area (Å²) in [7, 11) is 0. The fraction of sp³-hybridized carbons (Fsp3) is 0.250. The number of aromatic nitrogens is 1. The summed E-state index contributed by atoms with van der Waals surface area (Å²) in [6, 6.07) is 6.13. The predicted octanol–water partition coefficient (Wildman–Crippen LogP) is 3.82. The van der Waals surface area contributed by atoms with E-state index in [9.17, 15) is 0 Å². The highest BCUT2D eigenvalue weighted by Crippen LogP contribution is 2.30. The van der Waals surface area contributed by atoms with Gasteiger partial charge in [-0.05, 0) is 47.3 Å². The van der Waals surface area contributed by atoms with Gasteiger partial charge in [-0.3, -0.25) is 0 Å². The number of oxazole rings is 1. The van der Waals surface area contributed by atoms with Crippen LogP contribution in [0.25, 0.3) is 11.3 Å². The molecular formula is C12H12BrIN2O. The highest BCUT2D eigenvalue weighted by molar-refractivity contribution is 14.1. The third-order valence-corrected chi connectivity index (χ3v) is 3.79. The number of hydrogen-bond donors (Lipinski definition) is 1. The van der Waals surface area contributed by atoms with Gasteiger partial charge in [-0.2, -0.15) is 0 Å². The van der Waals surface area contributed by atoms with E-state index in [2.05, 4.69) is 67.9 Å². The van der Waals surface area contributed by atoms with Gasteiger partial charge in [-0.25, -0.2) is 4.98 Å². The van der Waals surface area contributed by atoms with Gasteiger partial charge in [0.2, 0.25) is 0 Å². The molecule has 0 saturated carbocycles. The molecule has 0 aliphatic rings. The minimum Gasteiger partial charge on any atom is -0.443 e. The Kier molecular flexibility index (Phi) is 4.58. The minimum atomic E-state index is 0.727. The topological polar surface area (TPSA) is 38.1 Å². The van der Waals surface area contributed by atoms with Gasteiger partial charge >= 0.3 is 0 Å². The highest BCUT2D eigenvalue weighted by atomic mass is 127. The molecule has 0 aliphatic heterocycles. The molecule has 17 heavy (non-hydrogen) atoms. The summed E-state index contributed by atoms with van der Waals surface area (Å²) < 4.78 is 7.70. The average Bonchev–Trinajstić information content (AvgIpc) is 2.77. The molecule has 0 fully saturated rings. The van der Waals surface area contributed by atoms with Crippen LogP contribution < -0.4 is 5.32 Å². The number of nitrogens with one attached hydrogen (secondary N) is 1. The van der Waals surface area contributed by atoms with E-state index in [1.165, 1.54) is 6.39 Å². The van der Waals surface area contributed by atoms with Gasteiger partial charge in [-0.15, -0.1) is 0 Å². The zero-order valence-electron chi connectivity index (χ0n) is 9.34. The molecule has 0 unspecified atom stereocenters. The predicted molar refractivity (Wildman–Crippen MR) is 79.7 cm³/mol. The molecule has 1 N–H and O–H groups in total. The first-order valence-corrected chi connectivity index (χ1v) is 7.18. The van der Waals surface area contributed by atoms with Crippen molar-refractivity contribution in [2.24, 2.45) is 0 Å². The van der Waals surface area contributed by atoms with Gasteiger partial charge in [0.05, 0.1) is 0 Å². The lowest BCUT2D eigenvalue weighted by molar-refractivity contribution is 0.569. The summed E-state index contributed by atoms with van der Waals surface area (Å²) >= 11 is 5.78. The molecule has 0 radical (unpaired) electrons. The fourth-order valence-corrected chi connectivity index (χ4v) is 2.47. The molecular weight excluding hydrogens is 395 g/mol. The lowest BCUT2D eigenvalue weighted by Gasteiger charge is -2.05. The van der Waals surface area contributed by atoms with Crippen molar-refractivity contribution in [2.75, 3.05) is 6.54 Å². The van der Waals surface area contributed by atoms with E-state index >= 15 is 0 Å². The van der Waals surface area contributed by atoms with E-state index in [-0.39, 0.29) is 0 Å². The number of rotatable bonds is 4. The zero-order chi connectivity index (χ0) is 12.3. The molecule has 3 nitrogen and oxygen atoms in total. The molecule has 0 atom stereocenters. The van der Waals surface area contributed by atoms with Crippen LogP contribution in [0.15, 0.2) is 33.5 Å². The molecule has 0 bridgehead atoms. The van der Waals surface area contributed by atoms with Crippen LogP contribution in [0.2, 0.25) is 0 Å². The summed E-state index contributed by atoms with van der Waals surface area (Å²) in [5.74, 6) is 0.844. The Hall–Kier alpha value is -0.400. The van der Waals surface area contributed by atoms with Crippen molar-refractivity contribution < 1.29 is 4.42 Å². The van der Waals surface area contributed by atoms with Crippen LogP contribution in [0.3, 0.4) is 0 Å². The van der Waals surface area contributed by atoms with Gasteiger partial charge in [0.1, 0.15) is 5.69 Å². The number of hydrogen-bond acceptors (Lipinski definition) is 3. The minimum absolute atomic E-state index is 0.727. The molecule has 1 heterocycles. The van der Waals surface area contributed by atoms with E-state index in [1.807, 2.05) is 6.07 Å². The normalized spacial score (nSPS) is 10.8. The van der Waals surface area contributed by atoms with E-state index in [0.717, 1.165) is 38.2 Å². The quantitative estimate of drug-likeness (QED) is 0.784. The van der Waals surface area contributed by atoms with Crippen LogP contribution in [0, 0.1) is 3.57 Å². The van der Waals surface area contributed by atoms with Crippen LogP contribution in [-0.2, 0) is 6.54 Å². The second kappa shape index (κ2) is 5.97. The summed E-state index contributed by atoms with van der Waals surface area (Å²) in [4.78, 5) is 4.25. The lowest BCUT2D eigenvalue weighted by atomic mass is 10.1. The van der Waals surface area contributed by atoms with Crippen molar-refractivity contribution in [1.29, 1.82) is 0 Å². The summed E-state index contributed by atoms with van der Waals surface area (Å²) in [5.41, 5.74) is 2.02. The number of nitrogens with zero attached hydrogens (tertiary/aromatic N) is 1. The van der Waals surface area contributed by atoms with Gasteiger partial charge < -0.3 is 9.73 Å². The maximum Gasteiger partial charge on any atom is 0.181 e. The van der Waals surface area contributed by atoms with E-state index in [4.69, 9.17) is 4.42 Å². The maximum absolute atomic E-state index is 5.51. The van der Waals surface area contributed by atoms with Crippen LogP contribution >= 0.6 is 38.5 Å². The van der Waals surface area contributed by atoms with Crippen molar-refractivity contribution in [3.8, 4) is 11.3 Å². The largest absolute Gasteiger partial charge is 0.443 e. The maximum atomic E-state index is 5.51. The van der Waals surface area contributed by atoms with Crippen LogP contribution in [0.5, 0.6) is 0 Å². The van der Waals surface area contributed by atoms with Crippen LogP contribution in [-0.4, -0.2) is 11.5 Å². The van der Waals surface area contributed by atoms with Gasteiger partial charge in [0.15, 0.2) is 12.2 Å². The van der Waals surface area contributed by atoms with Gasteiger partial charge in [0, 0.05) is 20.2 Å². The SMILES string of the molecule is CCNCc1ncoc1-c1cc(Br)ccc1I. The first-order chi connectivity index (χ1) is 8.22.